The fraction of sp³-hybridized carbons (Fsp3) is 0.450. The summed E-state index contributed by atoms with van der Waals surface area (Å²) < 4.78 is 5.73. The second-order valence-electron chi connectivity index (χ2n) is 6.66. The van der Waals surface area contributed by atoms with Gasteiger partial charge in [-0.15, -0.1) is 0 Å². The van der Waals surface area contributed by atoms with Gasteiger partial charge in [0.1, 0.15) is 5.76 Å². The van der Waals surface area contributed by atoms with Crippen molar-refractivity contribution in [1.82, 2.24) is 15.6 Å². The number of hydrogen-bond acceptors (Lipinski definition) is 4. The van der Waals surface area contributed by atoms with E-state index in [9.17, 15) is 9.59 Å². The van der Waals surface area contributed by atoms with Crippen LogP contribution in [0.3, 0.4) is 0 Å². The Balaban J connectivity index is 1.91. The SMILES string of the molecule is CC(=O)NCCCNC(=O)Cc1nc(-c2ccc(C(C)C)cc2)oc1C. The molecule has 0 aliphatic rings. The van der Waals surface area contributed by atoms with Gasteiger partial charge in [0.2, 0.25) is 17.7 Å². The lowest BCUT2D eigenvalue weighted by Gasteiger charge is -2.05. The van der Waals surface area contributed by atoms with Crippen LogP contribution < -0.4 is 10.6 Å². The molecular formula is C20H27N3O3. The number of benzene rings is 1. The summed E-state index contributed by atoms with van der Waals surface area (Å²) in [5.74, 6) is 1.49. The zero-order chi connectivity index (χ0) is 19.1. The lowest BCUT2D eigenvalue weighted by molar-refractivity contribution is -0.120. The van der Waals surface area contributed by atoms with Crippen LogP contribution in [0, 0.1) is 6.92 Å². The zero-order valence-corrected chi connectivity index (χ0v) is 15.9. The van der Waals surface area contributed by atoms with Gasteiger partial charge in [-0.1, -0.05) is 26.0 Å². The molecule has 0 spiro atoms. The molecule has 0 radical (unpaired) electrons. The smallest absolute Gasteiger partial charge is 0.226 e. The number of aryl methyl sites for hydroxylation is 1. The molecule has 2 aromatic rings. The quantitative estimate of drug-likeness (QED) is 0.712. The molecule has 1 aromatic heterocycles. The van der Waals surface area contributed by atoms with Crippen molar-refractivity contribution in [2.75, 3.05) is 13.1 Å². The molecule has 0 aliphatic heterocycles. The number of oxazole rings is 1. The highest BCUT2D eigenvalue weighted by Gasteiger charge is 2.14. The fourth-order valence-corrected chi connectivity index (χ4v) is 2.52. The van der Waals surface area contributed by atoms with E-state index in [-0.39, 0.29) is 18.2 Å². The molecule has 6 heteroatoms. The van der Waals surface area contributed by atoms with Crippen LogP contribution in [0.25, 0.3) is 11.5 Å². The van der Waals surface area contributed by atoms with Gasteiger partial charge in [-0.3, -0.25) is 9.59 Å². The summed E-state index contributed by atoms with van der Waals surface area (Å²) in [6.07, 6.45) is 0.871. The van der Waals surface area contributed by atoms with Crippen molar-refractivity contribution in [1.29, 1.82) is 0 Å². The van der Waals surface area contributed by atoms with Crippen LogP contribution in [-0.4, -0.2) is 29.9 Å². The number of hydrogen-bond donors (Lipinski definition) is 2. The van der Waals surface area contributed by atoms with Crippen molar-refractivity contribution in [3.05, 3.63) is 41.3 Å². The molecule has 0 saturated heterocycles. The van der Waals surface area contributed by atoms with E-state index >= 15 is 0 Å². The van der Waals surface area contributed by atoms with Gasteiger partial charge in [0.15, 0.2) is 0 Å². The number of amides is 2. The van der Waals surface area contributed by atoms with E-state index in [1.165, 1.54) is 12.5 Å². The second kappa shape index (κ2) is 9.17. The predicted molar refractivity (Wildman–Crippen MR) is 101 cm³/mol. The minimum absolute atomic E-state index is 0.0662. The summed E-state index contributed by atoms with van der Waals surface area (Å²) in [6.45, 7) is 8.65. The largest absolute Gasteiger partial charge is 0.441 e. The van der Waals surface area contributed by atoms with E-state index in [1.54, 1.807) is 0 Å². The molecule has 6 nitrogen and oxygen atoms in total. The molecule has 140 valence electrons. The molecule has 0 fully saturated rings. The highest BCUT2D eigenvalue weighted by molar-refractivity contribution is 5.78. The first-order valence-corrected chi connectivity index (χ1v) is 8.94. The number of nitrogens with zero attached hydrogens (tertiary/aromatic N) is 1. The Bertz CT molecular complexity index is 748. The van der Waals surface area contributed by atoms with Crippen LogP contribution in [0.1, 0.15) is 50.1 Å². The first-order valence-electron chi connectivity index (χ1n) is 8.94. The van der Waals surface area contributed by atoms with E-state index < -0.39 is 0 Å². The number of nitrogens with one attached hydrogen (secondary N) is 2. The van der Waals surface area contributed by atoms with E-state index in [1.807, 2.05) is 19.1 Å². The Labute approximate surface area is 154 Å². The molecule has 0 aliphatic carbocycles. The van der Waals surface area contributed by atoms with Crippen molar-refractivity contribution < 1.29 is 14.0 Å². The van der Waals surface area contributed by atoms with E-state index in [0.29, 0.717) is 42.8 Å². The van der Waals surface area contributed by atoms with E-state index in [4.69, 9.17) is 4.42 Å². The van der Waals surface area contributed by atoms with Crippen molar-refractivity contribution in [2.45, 2.75) is 46.5 Å². The van der Waals surface area contributed by atoms with Gasteiger partial charge >= 0.3 is 0 Å². The summed E-state index contributed by atoms with van der Waals surface area (Å²) in [6, 6.07) is 8.13. The zero-order valence-electron chi connectivity index (χ0n) is 15.9. The van der Waals surface area contributed by atoms with Crippen molar-refractivity contribution in [2.24, 2.45) is 0 Å². The maximum Gasteiger partial charge on any atom is 0.226 e. The van der Waals surface area contributed by atoms with Crippen LogP contribution in [0.2, 0.25) is 0 Å². The number of aromatic nitrogens is 1. The maximum absolute atomic E-state index is 12.0. The Morgan fingerprint density at radius 2 is 1.77 bits per heavy atom. The monoisotopic (exact) mass is 357 g/mol. The normalized spacial score (nSPS) is 10.8. The van der Waals surface area contributed by atoms with Crippen molar-refractivity contribution in [3.8, 4) is 11.5 Å². The topological polar surface area (TPSA) is 84.2 Å². The molecule has 0 unspecified atom stereocenters. The third-order valence-electron chi connectivity index (χ3n) is 4.09. The predicted octanol–water partition coefficient (Wildman–Crippen LogP) is 2.96. The highest BCUT2D eigenvalue weighted by Crippen LogP contribution is 2.24. The summed E-state index contributed by atoms with van der Waals surface area (Å²) in [5, 5.41) is 5.52. The van der Waals surface area contributed by atoms with Gasteiger partial charge < -0.3 is 15.1 Å². The Morgan fingerprint density at radius 1 is 1.12 bits per heavy atom. The van der Waals surface area contributed by atoms with Crippen molar-refractivity contribution >= 4 is 11.8 Å². The molecule has 0 atom stereocenters. The average molecular weight is 357 g/mol. The molecule has 0 saturated carbocycles. The lowest BCUT2D eigenvalue weighted by Crippen LogP contribution is -2.29. The van der Waals surface area contributed by atoms with Gasteiger partial charge in [0.25, 0.3) is 0 Å². The summed E-state index contributed by atoms with van der Waals surface area (Å²) in [4.78, 5) is 27.3. The minimum Gasteiger partial charge on any atom is -0.441 e. The van der Waals surface area contributed by atoms with Gasteiger partial charge in [-0.2, -0.15) is 0 Å². The Morgan fingerprint density at radius 3 is 2.38 bits per heavy atom. The Kier molecular flexibility index (Phi) is 6.95. The standard InChI is InChI=1S/C20H27N3O3/c1-13(2)16-6-8-17(9-7-16)20-23-18(14(3)26-20)12-19(25)22-11-5-10-21-15(4)24/h6-9,13H,5,10-12H2,1-4H3,(H,21,24)(H,22,25). The molecule has 2 N–H and O–H groups in total. The van der Waals surface area contributed by atoms with Gasteiger partial charge in [0, 0.05) is 25.6 Å². The van der Waals surface area contributed by atoms with Gasteiger partial charge in [-0.05, 0) is 37.0 Å². The fourth-order valence-electron chi connectivity index (χ4n) is 2.52. The molecule has 2 rings (SSSR count). The van der Waals surface area contributed by atoms with E-state index in [2.05, 4.69) is 41.6 Å². The Hall–Kier alpha value is -2.63. The third-order valence-corrected chi connectivity index (χ3v) is 4.09. The molecule has 1 aromatic carbocycles. The van der Waals surface area contributed by atoms with Gasteiger partial charge in [0.05, 0.1) is 12.1 Å². The number of rotatable bonds is 8. The second-order valence-corrected chi connectivity index (χ2v) is 6.66. The molecular weight excluding hydrogens is 330 g/mol. The number of carbonyl (C=O) groups excluding carboxylic acids is 2. The third kappa shape index (κ3) is 5.72. The summed E-state index contributed by atoms with van der Waals surface area (Å²) in [5.41, 5.74) is 2.81. The summed E-state index contributed by atoms with van der Waals surface area (Å²) >= 11 is 0. The van der Waals surface area contributed by atoms with Crippen LogP contribution in [0.4, 0.5) is 0 Å². The molecule has 26 heavy (non-hydrogen) atoms. The van der Waals surface area contributed by atoms with Crippen LogP contribution >= 0.6 is 0 Å². The maximum atomic E-state index is 12.0. The minimum atomic E-state index is -0.106. The molecule has 1 heterocycles. The average Bonchev–Trinajstić information content (AvgIpc) is 2.95. The number of carbonyl (C=O) groups is 2. The van der Waals surface area contributed by atoms with Crippen LogP contribution in [-0.2, 0) is 16.0 Å². The molecule has 0 bridgehead atoms. The van der Waals surface area contributed by atoms with E-state index in [0.717, 1.165) is 5.56 Å². The first kappa shape index (κ1) is 19.7. The van der Waals surface area contributed by atoms with Crippen LogP contribution in [0.5, 0.6) is 0 Å². The molecule has 2 amide bonds. The highest BCUT2D eigenvalue weighted by atomic mass is 16.4. The van der Waals surface area contributed by atoms with Crippen molar-refractivity contribution in [3.63, 3.8) is 0 Å². The van der Waals surface area contributed by atoms with Crippen LogP contribution in [0.15, 0.2) is 28.7 Å². The lowest BCUT2D eigenvalue weighted by atomic mass is 10.0. The summed E-state index contributed by atoms with van der Waals surface area (Å²) in [7, 11) is 0. The first-order chi connectivity index (χ1) is 12.4. The van der Waals surface area contributed by atoms with Gasteiger partial charge in [-0.25, -0.2) is 4.98 Å².